The summed E-state index contributed by atoms with van der Waals surface area (Å²) in [5.41, 5.74) is 4.96. The van der Waals surface area contributed by atoms with Crippen LogP contribution >= 0.6 is 0 Å². The minimum atomic E-state index is -0.122. The first-order valence-electron chi connectivity index (χ1n) is 11.2. The Morgan fingerprint density at radius 2 is 1.00 bits per heavy atom. The topological polar surface area (TPSA) is 55.4 Å². The van der Waals surface area contributed by atoms with Crippen LogP contribution in [0.3, 0.4) is 0 Å². The summed E-state index contributed by atoms with van der Waals surface area (Å²) >= 11 is 0. The third kappa shape index (κ3) is 2.46. The second kappa shape index (κ2) is 7.68. The Morgan fingerprint density at radius 3 is 1.34 bits per heavy atom. The minimum Gasteiger partial charge on any atom is -0.493 e. The zero-order valence-corrected chi connectivity index (χ0v) is 19.8. The van der Waals surface area contributed by atoms with Crippen molar-refractivity contribution in [2.45, 2.75) is 37.5 Å². The van der Waals surface area contributed by atoms with Gasteiger partial charge in [0.1, 0.15) is 0 Å². The summed E-state index contributed by atoms with van der Waals surface area (Å²) in [4.78, 5) is 0. The summed E-state index contributed by atoms with van der Waals surface area (Å²) in [5, 5.41) is 0. The van der Waals surface area contributed by atoms with Gasteiger partial charge in [0.15, 0.2) is 23.0 Å². The number of hydrogen-bond acceptors (Lipinski definition) is 6. The summed E-state index contributed by atoms with van der Waals surface area (Å²) in [7, 11) is 10.1. The molecule has 1 spiro atoms. The van der Waals surface area contributed by atoms with Gasteiger partial charge < -0.3 is 28.4 Å². The molecule has 3 aliphatic carbocycles. The minimum absolute atomic E-state index is 0.122. The highest BCUT2D eigenvalue weighted by atomic mass is 16.5. The highest BCUT2D eigenvalue weighted by Gasteiger charge is 2.60. The molecule has 0 bridgehead atoms. The van der Waals surface area contributed by atoms with Gasteiger partial charge in [-0.15, -0.1) is 0 Å². The quantitative estimate of drug-likeness (QED) is 0.657. The maximum absolute atomic E-state index is 5.91. The van der Waals surface area contributed by atoms with E-state index >= 15 is 0 Å². The van der Waals surface area contributed by atoms with E-state index in [1.165, 1.54) is 41.5 Å². The van der Waals surface area contributed by atoms with Gasteiger partial charge in [-0.3, -0.25) is 0 Å². The molecule has 6 heteroatoms. The zero-order chi connectivity index (χ0) is 22.6. The van der Waals surface area contributed by atoms with E-state index in [-0.39, 0.29) is 5.41 Å². The molecule has 0 aromatic heterocycles. The molecule has 0 saturated heterocycles. The molecule has 0 heterocycles. The number of benzene rings is 2. The van der Waals surface area contributed by atoms with Crippen molar-refractivity contribution in [3.8, 4) is 34.5 Å². The van der Waals surface area contributed by atoms with Gasteiger partial charge >= 0.3 is 0 Å². The summed E-state index contributed by atoms with van der Waals surface area (Å²) in [6.45, 7) is 0. The van der Waals surface area contributed by atoms with Gasteiger partial charge in [-0.2, -0.15) is 0 Å². The highest BCUT2D eigenvalue weighted by molar-refractivity contribution is 5.71. The van der Waals surface area contributed by atoms with Crippen molar-refractivity contribution in [3.05, 3.63) is 34.4 Å². The lowest BCUT2D eigenvalue weighted by molar-refractivity contribution is 0.176. The predicted octanol–water partition coefficient (Wildman–Crippen LogP) is 4.55. The Bertz CT molecular complexity index is 976. The summed E-state index contributed by atoms with van der Waals surface area (Å²) in [5.74, 6) is 5.31. The van der Waals surface area contributed by atoms with Gasteiger partial charge in [0, 0.05) is 16.5 Å². The number of hydrogen-bond donors (Lipinski definition) is 0. The monoisotopic (exact) mass is 440 g/mol. The van der Waals surface area contributed by atoms with Crippen LogP contribution in [0.2, 0.25) is 0 Å². The molecule has 172 valence electrons. The van der Waals surface area contributed by atoms with E-state index in [0.717, 1.165) is 24.3 Å². The van der Waals surface area contributed by atoms with Gasteiger partial charge in [0.25, 0.3) is 0 Å². The van der Waals surface area contributed by atoms with Crippen molar-refractivity contribution >= 4 is 0 Å². The van der Waals surface area contributed by atoms with E-state index in [9.17, 15) is 0 Å². The van der Waals surface area contributed by atoms with Crippen molar-refractivity contribution in [2.24, 2.45) is 11.8 Å². The average Bonchev–Trinajstić information content (AvgIpc) is 3.35. The number of ether oxygens (including phenoxy) is 6. The molecule has 5 rings (SSSR count). The van der Waals surface area contributed by atoms with Crippen LogP contribution in [0.1, 0.15) is 41.5 Å². The van der Waals surface area contributed by atoms with Crippen molar-refractivity contribution in [3.63, 3.8) is 0 Å². The molecule has 0 unspecified atom stereocenters. The summed E-state index contributed by atoms with van der Waals surface area (Å²) in [6.07, 6.45) is 5.51. The molecule has 1 saturated carbocycles. The Labute approximate surface area is 189 Å². The van der Waals surface area contributed by atoms with Gasteiger partial charge in [0.2, 0.25) is 11.5 Å². The van der Waals surface area contributed by atoms with Crippen LogP contribution in [-0.2, 0) is 18.3 Å². The molecule has 1 fully saturated rings. The Hall–Kier alpha value is -2.76. The molecule has 0 radical (unpaired) electrons. The fourth-order valence-corrected chi connectivity index (χ4v) is 7.02. The van der Waals surface area contributed by atoms with Gasteiger partial charge in [-0.1, -0.05) is 6.42 Å². The fourth-order valence-electron chi connectivity index (χ4n) is 7.02. The SMILES string of the molecule is COc1cc2c(c(OC)c1OC)C[C@@H]1CCC[C@H]3Cc4c(cc(OC)c(OC)c4OC)C213. The second-order valence-electron chi connectivity index (χ2n) is 8.94. The maximum Gasteiger partial charge on any atom is 0.203 e. The molecule has 2 aromatic carbocycles. The Balaban J connectivity index is 1.85. The average molecular weight is 441 g/mol. The van der Waals surface area contributed by atoms with E-state index in [1.54, 1.807) is 42.7 Å². The van der Waals surface area contributed by atoms with Crippen LogP contribution in [0.5, 0.6) is 34.5 Å². The van der Waals surface area contributed by atoms with Gasteiger partial charge in [-0.05, 0) is 60.8 Å². The first kappa shape index (κ1) is 21.1. The van der Waals surface area contributed by atoms with Crippen LogP contribution in [-0.4, -0.2) is 42.7 Å². The molecular weight excluding hydrogens is 408 g/mol. The van der Waals surface area contributed by atoms with Crippen molar-refractivity contribution in [1.29, 1.82) is 0 Å². The van der Waals surface area contributed by atoms with Crippen LogP contribution in [0, 0.1) is 11.8 Å². The third-order valence-corrected chi connectivity index (χ3v) is 8.05. The lowest BCUT2D eigenvalue weighted by atomic mass is 9.59. The Kier molecular flexibility index (Phi) is 5.06. The van der Waals surface area contributed by atoms with E-state index in [4.69, 9.17) is 28.4 Å². The van der Waals surface area contributed by atoms with Crippen LogP contribution in [0.4, 0.5) is 0 Å². The molecule has 2 atom stereocenters. The van der Waals surface area contributed by atoms with Crippen LogP contribution < -0.4 is 28.4 Å². The Morgan fingerprint density at radius 1 is 0.594 bits per heavy atom. The molecule has 0 amide bonds. The predicted molar refractivity (Wildman–Crippen MR) is 121 cm³/mol. The van der Waals surface area contributed by atoms with E-state index < -0.39 is 0 Å². The van der Waals surface area contributed by atoms with Crippen molar-refractivity contribution in [2.75, 3.05) is 42.7 Å². The van der Waals surface area contributed by atoms with E-state index in [1.807, 2.05) is 0 Å². The van der Waals surface area contributed by atoms with E-state index in [2.05, 4.69) is 12.1 Å². The lowest BCUT2D eigenvalue weighted by Crippen LogP contribution is -2.41. The normalized spacial score (nSPS) is 24.7. The molecule has 0 aliphatic heterocycles. The van der Waals surface area contributed by atoms with Crippen molar-refractivity contribution < 1.29 is 28.4 Å². The van der Waals surface area contributed by atoms with E-state index in [0.29, 0.717) is 34.8 Å². The zero-order valence-electron chi connectivity index (χ0n) is 19.8. The molecule has 32 heavy (non-hydrogen) atoms. The molecule has 0 N–H and O–H groups in total. The molecular formula is C26H32O6. The number of methoxy groups -OCH3 is 6. The third-order valence-electron chi connectivity index (χ3n) is 8.05. The lowest BCUT2D eigenvalue weighted by Gasteiger charge is -2.43. The second-order valence-corrected chi connectivity index (χ2v) is 8.94. The first-order valence-corrected chi connectivity index (χ1v) is 11.2. The largest absolute Gasteiger partial charge is 0.493 e. The summed E-state index contributed by atoms with van der Waals surface area (Å²) < 4.78 is 34.8. The maximum atomic E-state index is 5.91. The fraction of sp³-hybridized carbons (Fsp3) is 0.538. The first-order chi connectivity index (χ1) is 15.6. The number of rotatable bonds is 6. The van der Waals surface area contributed by atoms with Crippen LogP contribution in [0.15, 0.2) is 12.1 Å². The highest BCUT2D eigenvalue weighted by Crippen LogP contribution is 2.67. The molecule has 2 aromatic rings. The summed E-state index contributed by atoms with van der Waals surface area (Å²) in [6, 6.07) is 4.38. The smallest absolute Gasteiger partial charge is 0.203 e. The standard InChI is InChI=1S/C26H32O6/c1-27-20-12-18-16(22(29-3)24(20)31-5)10-14-8-7-9-15-11-17-19(26(14,15)18)13-21(28-2)25(32-6)23(17)30-4/h12-15H,7-11H2,1-6H3/t14-,15-,26?/m0/s1. The van der Waals surface area contributed by atoms with Gasteiger partial charge in [-0.25, -0.2) is 0 Å². The number of fused-ring (bicyclic) bond motifs is 2. The van der Waals surface area contributed by atoms with Gasteiger partial charge in [0.05, 0.1) is 42.7 Å². The molecule has 3 aliphatic rings. The molecule has 6 nitrogen and oxygen atoms in total. The van der Waals surface area contributed by atoms with Crippen molar-refractivity contribution in [1.82, 2.24) is 0 Å². The van der Waals surface area contributed by atoms with Crippen LogP contribution in [0.25, 0.3) is 0 Å².